The summed E-state index contributed by atoms with van der Waals surface area (Å²) < 4.78 is 18.5. The van der Waals surface area contributed by atoms with Crippen molar-refractivity contribution in [3.05, 3.63) is 132 Å². The zero-order valence-electron chi connectivity index (χ0n) is 29.2. The smallest absolute Gasteiger partial charge is 0.399 e. The van der Waals surface area contributed by atoms with E-state index in [2.05, 4.69) is 168 Å². The summed E-state index contributed by atoms with van der Waals surface area (Å²) in [6, 6.07) is 44.3. The van der Waals surface area contributed by atoms with Crippen LogP contribution in [0.25, 0.3) is 51.5 Å². The lowest BCUT2D eigenvalue weighted by atomic mass is 9.74. The molecule has 246 valence electrons. The second-order valence-electron chi connectivity index (χ2n) is 14.5. The second kappa shape index (κ2) is 11.5. The van der Waals surface area contributed by atoms with Crippen LogP contribution in [0.15, 0.2) is 121 Å². The Morgan fingerprint density at radius 1 is 0.520 bits per heavy atom. The lowest BCUT2D eigenvalue weighted by molar-refractivity contribution is 0.00578. The fraction of sp³-hybridized carbons (Fsp3) is 0.182. The van der Waals surface area contributed by atoms with Crippen molar-refractivity contribution in [2.45, 2.75) is 52.7 Å². The van der Waals surface area contributed by atoms with Gasteiger partial charge in [0.2, 0.25) is 0 Å². The molecule has 3 heterocycles. The minimum absolute atomic E-state index is 0.441. The molecule has 3 nitrogen and oxygen atoms in total. The molecule has 0 radical (unpaired) electrons. The van der Waals surface area contributed by atoms with Gasteiger partial charge in [0.05, 0.1) is 11.2 Å². The lowest BCUT2D eigenvalue weighted by Gasteiger charge is -2.32. The molecule has 0 saturated carbocycles. The third-order valence-corrected chi connectivity index (χ3v) is 13.1. The summed E-state index contributed by atoms with van der Waals surface area (Å²) in [5, 5.41) is 5.24. The van der Waals surface area contributed by atoms with Crippen molar-refractivity contribution in [2.75, 3.05) is 4.90 Å². The standard InChI is InChI=1S/C44H38BNO2S2/c1-27-15-14-22-38-40(27)35-25-31(24-34(42(35)50-38)32-18-10-12-20-36(32)45-47-43(3,4)44(5,6)48-45)46(29-16-8-7-9-17-29)30-23-28(2)41-33-19-11-13-21-37(33)49-39(41)26-30/h7-26H,1-6H3. The summed E-state index contributed by atoms with van der Waals surface area (Å²) in [6.07, 6.45) is 0. The number of anilines is 3. The van der Waals surface area contributed by atoms with Gasteiger partial charge >= 0.3 is 7.12 Å². The van der Waals surface area contributed by atoms with Crippen LogP contribution in [0.5, 0.6) is 0 Å². The van der Waals surface area contributed by atoms with E-state index in [0.29, 0.717) is 0 Å². The van der Waals surface area contributed by atoms with Gasteiger partial charge in [-0.3, -0.25) is 0 Å². The van der Waals surface area contributed by atoms with E-state index in [9.17, 15) is 0 Å². The second-order valence-corrected chi connectivity index (χ2v) is 16.6. The topological polar surface area (TPSA) is 21.7 Å². The molecule has 0 atom stereocenters. The van der Waals surface area contributed by atoms with Gasteiger partial charge in [-0.15, -0.1) is 22.7 Å². The first-order chi connectivity index (χ1) is 24.1. The molecule has 0 N–H and O–H groups in total. The molecule has 1 aliphatic rings. The van der Waals surface area contributed by atoms with Crippen LogP contribution in [0.4, 0.5) is 17.1 Å². The monoisotopic (exact) mass is 687 g/mol. The Morgan fingerprint density at radius 2 is 1.18 bits per heavy atom. The van der Waals surface area contributed by atoms with Gasteiger partial charge in [0.25, 0.3) is 0 Å². The minimum Gasteiger partial charge on any atom is -0.399 e. The first-order valence-corrected chi connectivity index (χ1v) is 18.9. The highest BCUT2D eigenvalue weighted by molar-refractivity contribution is 7.26. The Balaban J connectivity index is 1.33. The molecule has 2 aromatic heterocycles. The highest BCUT2D eigenvalue weighted by atomic mass is 32.1. The summed E-state index contributed by atoms with van der Waals surface area (Å²) in [6.45, 7) is 13.0. The summed E-state index contributed by atoms with van der Waals surface area (Å²) in [7, 11) is -0.478. The fourth-order valence-electron chi connectivity index (χ4n) is 7.53. The zero-order valence-corrected chi connectivity index (χ0v) is 30.8. The third kappa shape index (κ3) is 4.92. The molecule has 0 aliphatic carbocycles. The van der Waals surface area contributed by atoms with Crippen LogP contribution in [-0.2, 0) is 9.31 Å². The Hall–Kier alpha value is -4.46. The molecule has 1 aliphatic heterocycles. The Kier molecular flexibility index (Phi) is 7.28. The first kappa shape index (κ1) is 31.5. The largest absolute Gasteiger partial charge is 0.495 e. The van der Waals surface area contributed by atoms with Gasteiger partial charge in [-0.1, -0.05) is 72.8 Å². The van der Waals surface area contributed by atoms with Crippen molar-refractivity contribution in [2.24, 2.45) is 0 Å². The minimum atomic E-state index is -0.478. The van der Waals surface area contributed by atoms with Gasteiger partial charge in [-0.25, -0.2) is 0 Å². The van der Waals surface area contributed by atoms with E-state index in [1.54, 1.807) is 0 Å². The Bertz CT molecular complexity index is 2590. The molecule has 0 bridgehead atoms. The number of hydrogen-bond donors (Lipinski definition) is 0. The van der Waals surface area contributed by atoms with Gasteiger partial charge in [-0.05, 0) is 112 Å². The zero-order chi connectivity index (χ0) is 34.4. The maximum absolute atomic E-state index is 6.67. The van der Waals surface area contributed by atoms with Gasteiger partial charge in [0.15, 0.2) is 0 Å². The molecule has 6 aromatic carbocycles. The van der Waals surface area contributed by atoms with Gasteiger partial charge in [0.1, 0.15) is 0 Å². The first-order valence-electron chi connectivity index (χ1n) is 17.3. The summed E-state index contributed by atoms with van der Waals surface area (Å²) in [4.78, 5) is 2.43. The van der Waals surface area contributed by atoms with Gasteiger partial charge < -0.3 is 14.2 Å². The van der Waals surface area contributed by atoms with Crippen LogP contribution in [0.2, 0.25) is 0 Å². The van der Waals surface area contributed by atoms with E-state index < -0.39 is 18.3 Å². The molecular weight excluding hydrogens is 649 g/mol. The molecule has 50 heavy (non-hydrogen) atoms. The molecule has 8 aromatic rings. The molecule has 0 amide bonds. The number of nitrogens with zero attached hydrogens (tertiary/aromatic N) is 1. The van der Waals surface area contributed by atoms with E-state index in [4.69, 9.17) is 9.31 Å². The normalized spacial score (nSPS) is 15.5. The van der Waals surface area contributed by atoms with Crippen LogP contribution in [0, 0.1) is 13.8 Å². The number of rotatable bonds is 5. The van der Waals surface area contributed by atoms with E-state index in [-0.39, 0.29) is 0 Å². The molecule has 0 spiro atoms. The van der Waals surface area contributed by atoms with Crippen molar-refractivity contribution in [3.8, 4) is 11.1 Å². The maximum atomic E-state index is 6.67. The highest BCUT2D eigenvalue weighted by Gasteiger charge is 2.52. The van der Waals surface area contributed by atoms with Gasteiger partial charge in [-0.2, -0.15) is 0 Å². The van der Waals surface area contributed by atoms with Crippen molar-refractivity contribution in [1.29, 1.82) is 0 Å². The molecule has 6 heteroatoms. The van der Waals surface area contributed by atoms with Crippen molar-refractivity contribution in [3.63, 3.8) is 0 Å². The predicted molar refractivity (Wildman–Crippen MR) is 218 cm³/mol. The van der Waals surface area contributed by atoms with Crippen LogP contribution in [-0.4, -0.2) is 18.3 Å². The Labute approximate surface area is 301 Å². The van der Waals surface area contributed by atoms with Crippen LogP contribution >= 0.6 is 22.7 Å². The van der Waals surface area contributed by atoms with Crippen molar-refractivity contribution in [1.82, 2.24) is 0 Å². The maximum Gasteiger partial charge on any atom is 0.495 e. The number of fused-ring (bicyclic) bond motifs is 6. The summed E-state index contributed by atoms with van der Waals surface area (Å²) in [5.74, 6) is 0. The van der Waals surface area contributed by atoms with Crippen LogP contribution in [0.1, 0.15) is 38.8 Å². The average Bonchev–Trinajstić information content (AvgIpc) is 3.74. The Morgan fingerprint density at radius 3 is 1.98 bits per heavy atom. The quantitative estimate of drug-likeness (QED) is 0.168. The SMILES string of the molecule is Cc1cc(N(c2ccccc2)c2cc(-c3ccccc3B3OC(C)(C)C(C)(C)O3)c3sc4cccc(C)c4c3c2)cc2sc3ccccc3c12. The molecule has 1 saturated heterocycles. The number of aryl methyl sites for hydroxylation is 2. The van der Waals surface area contributed by atoms with Crippen molar-refractivity contribution >= 4 is 92.7 Å². The molecule has 9 rings (SSSR count). The predicted octanol–water partition coefficient (Wildman–Crippen LogP) is 12.5. The van der Waals surface area contributed by atoms with E-state index >= 15 is 0 Å². The summed E-state index contributed by atoms with van der Waals surface area (Å²) in [5.41, 5.74) is 8.42. The summed E-state index contributed by atoms with van der Waals surface area (Å²) >= 11 is 3.74. The van der Waals surface area contributed by atoms with Crippen molar-refractivity contribution < 1.29 is 9.31 Å². The van der Waals surface area contributed by atoms with Crippen LogP contribution in [0.3, 0.4) is 0 Å². The molecule has 1 fully saturated rings. The number of hydrogen-bond acceptors (Lipinski definition) is 5. The van der Waals surface area contributed by atoms with E-state index in [1.165, 1.54) is 57.0 Å². The van der Waals surface area contributed by atoms with E-state index in [1.807, 2.05) is 22.7 Å². The average molecular weight is 688 g/mol. The molecular formula is C44H38BNO2S2. The lowest BCUT2D eigenvalue weighted by Crippen LogP contribution is -2.41. The number of para-hydroxylation sites is 1. The van der Waals surface area contributed by atoms with Crippen LogP contribution < -0.4 is 10.4 Å². The highest BCUT2D eigenvalue weighted by Crippen LogP contribution is 2.48. The van der Waals surface area contributed by atoms with E-state index in [0.717, 1.165) is 28.1 Å². The number of thiophene rings is 2. The third-order valence-electron chi connectivity index (χ3n) is 10.7. The number of benzene rings is 6. The van der Waals surface area contributed by atoms with Gasteiger partial charge in [0, 0.05) is 63.0 Å². The fourth-order valence-corrected chi connectivity index (χ4v) is 10.0. The molecule has 0 unspecified atom stereocenters.